The minimum absolute atomic E-state index is 0.0289. The van der Waals surface area contributed by atoms with E-state index in [-0.39, 0.29) is 27.8 Å². The minimum Gasteiger partial charge on any atom is -0.345 e. The molecule has 12 aromatic rings. The molecule has 0 aliphatic heterocycles. The Balaban J connectivity index is 0.000000141. The largest absolute Gasteiger partial charge is 0.434 e. The smallest absolute Gasteiger partial charge is 0.345 e. The van der Waals surface area contributed by atoms with Crippen LogP contribution in [0.15, 0.2) is 183 Å². The van der Waals surface area contributed by atoms with Crippen molar-refractivity contribution in [2.24, 2.45) is 0 Å². The van der Waals surface area contributed by atoms with Crippen molar-refractivity contribution in [1.82, 2.24) is 44.9 Å². The van der Waals surface area contributed by atoms with Crippen LogP contribution in [0.25, 0.3) is 33.1 Å². The molecule has 0 radical (unpaired) electrons. The number of H-pyrrole nitrogens is 3. The molecule has 420 valence electrons. The highest BCUT2D eigenvalue weighted by Gasteiger charge is 2.38. The summed E-state index contributed by atoms with van der Waals surface area (Å²) in [7, 11) is 0. The highest BCUT2D eigenvalue weighted by molar-refractivity contribution is 6.34. The van der Waals surface area contributed by atoms with Crippen molar-refractivity contribution >= 4 is 85.3 Å². The third kappa shape index (κ3) is 13.8. The van der Waals surface area contributed by atoms with Crippen molar-refractivity contribution < 1.29 is 31.9 Å². The number of nitrogens with one attached hydrogen (secondary N) is 3. The molecule has 84 heavy (non-hydrogen) atoms. The lowest BCUT2D eigenvalue weighted by atomic mass is 10.00. The van der Waals surface area contributed by atoms with Gasteiger partial charge in [-0.05, 0) is 159 Å². The molecule has 0 spiro atoms. The van der Waals surface area contributed by atoms with E-state index in [1.165, 1.54) is 47.3 Å². The molecule has 3 N–H and O–H groups in total. The molecule has 0 aliphatic carbocycles. The number of nitrogens with zero attached hydrogens (tertiary/aromatic N) is 6. The van der Waals surface area contributed by atoms with E-state index in [0.29, 0.717) is 74.4 Å². The monoisotopic (exact) mass is 1180 g/mol. The number of hydrogen-bond acceptors (Lipinski definition) is 9. The molecule has 0 atom stereocenters. The number of aromatic nitrogens is 9. The summed E-state index contributed by atoms with van der Waals surface area (Å²) >= 11 is 18.1. The summed E-state index contributed by atoms with van der Waals surface area (Å²) in [5, 5.41) is 3.42. The van der Waals surface area contributed by atoms with Crippen molar-refractivity contribution in [2.45, 2.75) is 51.6 Å². The molecular weight excluding hydrogens is 1140 g/mol. The second kappa shape index (κ2) is 25.9. The number of carbonyl (C=O) groups is 3. The molecule has 0 amide bonds. The molecule has 19 heteroatoms. The Hall–Kier alpha value is -9.22. The van der Waals surface area contributed by atoms with E-state index >= 15 is 0 Å². The maximum Gasteiger partial charge on any atom is 0.434 e. The van der Waals surface area contributed by atoms with Gasteiger partial charge in [-0.15, -0.1) is 0 Å². The van der Waals surface area contributed by atoms with Gasteiger partial charge in [0.2, 0.25) is 5.95 Å². The van der Waals surface area contributed by atoms with Crippen LogP contribution in [0.3, 0.4) is 0 Å². The number of pyridine rings is 6. The van der Waals surface area contributed by atoms with E-state index in [1.54, 1.807) is 79.4 Å². The third-order valence-corrected chi connectivity index (χ3v) is 14.6. The van der Waals surface area contributed by atoms with Crippen LogP contribution >= 0.6 is 34.8 Å². The Labute approximate surface area is 493 Å². The van der Waals surface area contributed by atoms with Crippen molar-refractivity contribution in [1.29, 1.82) is 0 Å². The first-order valence-electron chi connectivity index (χ1n) is 26.4. The van der Waals surface area contributed by atoms with Crippen molar-refractivity contribution in [2.75, 3.05) is 0 Å². The molecule has 12 rings (SSSR count). The molecular formula is C65H48Cl3F4N9O3. The van der Waals surface area contributed by atoms with E-state index in [4.69, 9.17) is 34.8 Å². The van der Waals surface area contributed by atoms with Gasteiger partial charge in [0.25, 0.3) is 0 Å². The van der Waals surface area contributed by atoms with Crippen LogP contribution in [0.5, 0.6) is 0 Å². The first kappa shape index (κ1) is 58.0. The number of halogens is 7. The Bertz CT molecular complexity index is 4160. The second-order valence-electron chi connectivity index (χ2n) is 19.5. The van der Waals surface area contributed by atoms with Gasteiger partial charge in [0.15, 0.2) is 23.0 Å². The number of carbonyl (C=O) groups excluding carboxylic acids is 3. The minimum atomic E-state index is -4.76. The van der Waals surface area contributed by atoms with Gasteiger partial charge < -0.3 is 15.0 Å². The molecule has 9 heterocycles. The molecule has 12 nitrogen and oxygen atoms in total. The first-order valence-corrected chi connectivity index (χ1v) is 27.5. The highest BCUT2D eigenvalue weighted by Crippen LogP contribution is 2.33. The average Bonchev–Trinajstić information content (AvgIpc) is 3.78. The number of aryl methyl sites for hydroxylation is 7. The molecule has 0 fully saturated rings. The Morgan fingerprint density at radius 2 is 0.798 bits per heavy atom. The molecule has 9 aromatic heterocycles. The van der Waals surface area contributed by atoms with Crippen LogP contribution in [-0.2, 0) is 44.7 Å². The highest BCUT2D eigenvalue weighted by atomic mass is 35.5. The van der Waals surface area contributed by atoms with Gasteiger partial charge in [0.1, 0.15) is 22.1 Å². The van der Waals surface area contributed by atoms with E-state index in [1.807, 2.05) is 55.5 Å². The van der Waals surface area contributed by atoms with E-state index in [0.717, 1.165) is 40.9 Å². The fourth-order valence-electron chi connectivity index (χ4n) is 9.34. The predicted molar refractivity (Wildman–Crippen MR) is 318 cm³/mol. The summed E-state index contributed by atoms with van der Waals surface area (Å²) in [5.74, 6) is -2.06. The van der Waals surface area contributed by atoms with Gasteiger partial charge in [-0.2, -0.15) is 17.6 Å². The third-order valence-electron chi connectivity index (χ3n) is 13.8. The summed E-state index contributed by atoms with van der Waals surface area (Å²) in [6, 6.07) is 43.0. The van der Waals surface area contributed by atoms with Crippen LogP contribution in [0, 0.1) is 12.9 Å². The van der Waals surface area contributed by atoms with Crippen LogP contribution < -0.4 is 0 Å². The van der Waals surface area contributed by atoms with Crippen LogP contribution in [0.2, 0.25) is 15.2 Å². The maximum absolute atomic E-state index is 14.5. The van der Waals surface area contributed by atoms with Crippen LogP contribution in [0.4, 0.5) is 17.6 Å². The summed E-state index contributed by atoms with van der Waals surface area (Å²) in [4.78, 5) is 71.9. The standard InChI is InChI=1S/C22H15ClF3N3O.C22H18FN3O.C21H15Cl2N3O/c23-14-6-3-13(4-7-14)5-8-15-9-10-17(20(29-15)22(24,25)26)19(30)18-12-28-21-16(18)2-1-11-27-21;1-14-4-6-15(7-5-14)8-9-16-10-11-18(21(23)26-16)20(27)19-13-25-22-17(19)3-2-12-24-22;22-14-6-3-13(4-7-14)5-8-15-9-10-17(20(23)26-15)19(27)18-12-25-21-16(18)2-1-11-24-21/h1-4,6-7,9-12H,5,8H2,(H,27,28);2-7,10-13H,8-9H2,1H3,(H,24,25);1-4,6-7,9-12H,5,8H2,(H,24,25). The Kier molecular flexibility index (Phi) is 17.9. The van der Waals surface area contributed by atoms with Crippen molar-refractivity contribution in [3.63, 3.8) is 0 Å². The number of ketones is 3. The number of alkyl halides is 3. The van der Waals surface area contributed by atoms with Crippen molar-refractivity contribution in [3.8, 4) is 0 Å². The summed E-state index contributed by atoms with van der Waals surface area (Å²) in [5.41, 5.74) is 7.67. The number of fused-ring (bicyclic) bond motifs is 3. The topological polar surface area (TPSA) is 176 Å². The van der Waals surface area contributed by atoms with Gasteiger partial charge in [0.05, 0.1) is 16.7 Å². The second-order valence-corrected chi connectivity index (χ2v) is 20.7. The summed E-state index contributed by atoms with van der Waals surface area (Å²) in [6.45, 7) is 2.04. The normalized spacial score (nSPS) is 11.3. The fraction of sp³-hybridized carbons (Fsp3) is 0.123. The van der Waals surface area contributed by atoms with Crippen LogP contribution in [0.1, 0.15) is 92.8 Å². The zero-order chi connectivity index (χ0) is 58.9. The SMILES string of the molecule is Cc1ccc(CCc2ccc(C(=O)c3c[nH]c4ncccc34)c(F)n2)cc1.O=C(c1ccc(CCc2ccc(Cl)cc2)nc1C(F)(F)F)c1c[nH]c2ncccc12.O=C(c1ccc(CCc2ccc(Cl)cc2)nc1Cl)c1c[nH]c2ncccc12. The molecule has 3 aromatic carbocycles. The molecule has 0 saturated heterocycles. The lowest BCUT2D eigenvalue weighted by Crippen LogP contribution is -2.17. The number of benzene rings is 3. The Morgan fingerprint density at radius 3 is 1.21 bits per heavy atom. The quantitative estimate of drug-likeness (QED) is 0.0512. The summed E-state index contributed by atoms with van der Waals surface area (Å²) in [6.07, 6.45) is 8.42. The van der Waals surface area contributed by atoms with E-state index in [2.05, 4.69) is 69.1 Å². The summed E-state index contributed by atoms with van der Waals surface area (Å²) < 4.78 is 55.6. The number of hydrogen-bond donors (Lipinski definition) is 3. The van der Waals surface area contributed by atoms with E-state index < -0.39 is 34.9 Å². The zero-order valence-corrected chi connectivity index (χ0v) is 46.9. The lowest BCUT2D eigenvalue weighted by molar-refractivity contribution is -0.141. The van der Waals surface area contributed by atoms with Gasteiger partial charge >= 0.3 is 6.18 Å². The van der Waals surface area contributed by atoms with Gasteiger partial charge in [-0.3, -0.25) is 14.4 Å². The molecule has 0 bridgehead atoms. The number of aromatic amines is 3. The Morgan fingerprint density at radius 1 is 0.429 bits per heavy atom. The average molecular weight is 1190 g/mol. The first-order chi connectivity index (χ1) is 40.6. The van der Waals surface area contributed by atoms with Crippen molar-refractivity contribution in [3.05, 3.63) is 282 Å². The van der Waals surface area contributed by atoms with Crippen LogP contribution in [-0.4, -0.2) is 62.2 Å². The zero-order valence-electron chi connectivity index (χ0n) is 44.6. The molecule has 0 aliphatic rings. The maximum atomic E-state index is 14.5. The van der Waals surface area contributed by atoms with Gasteiger partial charge in [0, 0.05) is 97.2 Å². The predicted octanol–water partition coefficient (Wildman–Crippen LogP) is 15.3. The number of rotatable bonds is 15. The van der Waals surface area contributed by atoms with Gasteiger partial charge in [-0.25, -0.2) is 29.9 Å². The van der Waals surface area contributed by atoms with E-state index in [9.17, 15) is 31.9 Å². The molecule has 0 unspecified atom stereocenters. The fourth-order valence-corrected chi connectivity index (χ4v) is 9.85. The lowest BCUT2D eigenvalue weighted by Gasteiger charge is -2.13. The van der Waals surface area contributed by atoms with Gasteiger partial charge in [-0.1, -0.05) is 88.9 Å². The molecule has 0 saturated carbocycles.